The Kier molecular flexibility index (Phi) is 4.77. The predicted molar refractivity (Wildman–Crippen MR) is 109 cm³/mol. The van der Waals surface area contributed by atoms with Gasteiger partial charge in [-0.3, -0.25) is 9.59 Å². The molecular weight excluding hydrogens is 376 g/mol. The largest absolute Gasteiger partial charge is 0.493 e. The fourth-order valence-electron chi connectivity index (χ4n) is 3.61. The van der Waals surface area contributed by atoms with Crippen molar-refractivity contribution in [1.82, 2.24) is 9.47 Å². The topological polar surface area (TPSA) is 60.8 Å². The summed E-state index contributed by atoms with van der Waals surface area (Å²) in [5, 5.41) is 0.632. The number of ether oxygens (including phenoxy) is 2. The van der Waals surface area contributed by atoms with Crippen LogP contribution < -0.4 is 9.47 Å². The molecule has 1 fully saturated rings. The summed E-state index contributed by atoms with van der Waals surface area (Å²) in [6, 6.07) is 13.2. The predicted octanol–water partition coefficient (Wildman–Crippen LogP) is 4.07. The van der Waals surface area contributed by atoms with Crippen LogP contribution in [0.15, 0.2) is 48.7 Å². The fourth-order valence-corrected chi connectivity index (χ4v) is 4.43. The Morgan fingerprint density at radius 1 is 1.04 bits per heavy atom. The Labute approximate surface area is 167 Å². The lowest BCUT2D eigenvalue weighted by atomic mass is 10.0. The zero-order valence-corrected chi connectivity index (χ0v) is 16.7. The molecule has 144 valence electrons. The summed E-state index contributed by atoms with van der Waals surface area (Å²) in [5.41, 5.74) is 2.94. The molecule has 2 heterocycles. The van der Waals surface area contributed by atoms with Crippen molar-refractivity contribution in [3.05, 3.63) is 59.8 Å². The van der Waals surface area contributed by atoms with E-state index in [1.54, 1.807) is 21.3 Å². The summed E-state index contributed by atoms with van der Waals surface area (Å²) in [6.45, 7) is 0.648. The number of hydrogen-bond acceptors (Lipinski definition) is 5. The molecule has 1 atom stereocenters. The number of rotatable bonds is 5. The van der Waals surface area contributed by atoms with Gasteiger partial charge in [-0.2, -0.15) is 0 Å². The Morgan fingerprint density at radius 3 is 2.50 bits per heavy atom. The highest BCUT2D eigenvalue weighted by Gasteiger charge is 2.39. The van der Waals surface area contributed by atoms with Gasteiger partial charge in [-0.05, 0) is 35.4 Å². The third-order valence-electron chi connectivity index (χ3n) is 5.03. The fraction of sp³-hybridized carbons (Fsp3) is 0.238. The minimum atomic E-state index is -0.543. The molecule has 1 aliphatic heterocycles. The van der Waals surface area contributed by atoms with Crippen LogP contribution in [0.1, 0.15) is 17.2 Å². The Bertz CT molecular complexity index is 1080. The molecule has 7 heteroatoms. The maximum Gasteiger partial charge on any atom is 0.289 e. The van der Waals surface area contributed by atoms with Gasteiger partial charge >= 0.3 is 0 Å². The van der Waals surface area contributed by atoms with Crippen molar-refractivity contribution >= 4 is 33.0 Å². The molecule has 1 aromatic heterocycles. The zero-order chi connectivity index (χ0) is 19.8. The van der Waals surface area contributed by atoms with E-state index in [9.17, 15) is 9.59 Å². The quantitative estimate of drug-likeness (QED) is 0.651. The van der Waals surface area contributed by atoms with Gasteiger partial charge in [0.15, 0.2) is 11.5 Å². The highest BCUT2D eigenvalue weighted by molar-refractivity contribution is 8.26. The van der Waals surface area contributed by atoms with Crippen molar-refractivity contribution < 1.29 is 19.1 Å². The van der Waals surface area contributed by atoms with Crippen LogP contribution in [0.3, 0.4) is 0 Å². The molecule has 4 rings (SSSR count). The second-order valence-electron chi connectivity index (χ2n) is 6.61. The van der Waals surface area contributed by atoms with E-state index < -0.39 is 6.04 Å². The van der Waals surface area contributed by atoms with E-state index in [1.165, 1.54) is 4.90 Å². The van der Waals surface area contributed by atoms with Crippen molar-refractivity contribution in [2.45, 2.75) is 12.6 Å². The van der Waals surface area contributed by atoms with Gasteiger partial charge in [0.2, 0.25) is 5.12 Å². The van der Waals surface area contributed by atoms with Crippen LogP contribution in [0.5, 0.6) is 11.5 Å². The second kappa shape index (κ2) is 7.24. The molecule has 28 heavy (non-hydrogen) atoms. The van der Waals surface area contributed by atoms with E-state index in [0.29, 0.717) is 18.0 Å². The molecule has 0 N–H and O–H groups in total. The number of amides is 1. The number of nitrogens with zero attached hydrogens (tertiary/aromatic N) is 2. The lowest BCUT2D eigenvalue weighted by Gasteiger charge is -2.18. The first kappa shape index (κ1) is 18.4. The highest BCUT2D eigenvalue weighted by Crippen LogP contribution is 2.38. The van der Waals surface area contributed by atoms with Gasteiger partial charge in [-0.1, -0.05) is 18.2 Å². The first-order valence-corrected chi connectivity index (χ1v) is 9.62. The Hall–Kier alpha value is -2.93. The van der Waals surface area contributed by atoms with Gasteiger partial charge in [0.25, 0.3) is 5.24 Å². The number of carbonyl (C=O) groups is 2. The van der Waals surface area contributed by atoms with E-state index in [2.05, 4.69) is 4.57 Å². The molecule has 2 aromatic carbocycles. The van der Waals surface area contributed by atoms with E-state index in [4.69, 9.17) is 9.47 Å². The van der Waals surface area contributed by atoms with Gasteiger partial charge < -0.3 is 18.9 Å². The summed E-state index contributed by atoms with van der Waals surface area (Å²) >= 11 is 0.773. The van der Waals surface area contributed by atoms with Crippen molar-refractivity contribution in [3.63, 3.8) is 0 Å². The van der Waals surface area contributed by atoms with E-state index in [1.807, 2.05) is 48.7 Å². The number of fused-ring (bicyclic) bond motifs is 1. The lowest BCUT2D eigenvalue weighted by Crippen LogP contribution is -2.23. The van der Waals surface area contributed by atoms with E-state index in [0.717, 1.165) is 33.8 Å². The normalized spacial score (nSPS) is 16.8. The van der Waals surface area contributed by atoms with Gasteiger partial charge in [-0.15, -0.1) is 0 Å². The molecule has 0 saturated carbocycles. The molecule has 6 nitrogen and oxygen atoms in total. The second-order valence-corrected chi connectivity index (χ2v) is 7.57. The van der Waals surface area contributed by atoms with Crippen LogP contribution in [0.2, 0.25) is 0 Å². The van der Waals surface area contributed by atoms with E-state index in [-0.39, 0.29) is 10.4 Å². The van der Waals surface area contributed by atoms with Crippen LogP contribution in [-0.2, 0) is 11.3 Å². The van der Waals surface area contributed by atoms with Crippen LogP contribution in [0.4, 0.5) is 4.79 Å². The molecule has 1 amide bonds. The monoisotopic (exact) mass is 396 g/mol. The standard InChI is InChI=1S/C21H20N2O4S/c1-22-19(20(24)28-21(22)25)15-5-4-6-16-14(15)9-10-23(16)12-13-7-8-17(26-2)18(11-13)27-3/h4-11,19H,12H2,1-3H3. The number of likely N-dealkylation sites (N-methyl/N-ethyl adjacent to an activating group) is 1. The molecule has 1 unspecified atom stereocenters. The van der Waals surface area contributed by atoms with E-state index >= 15 is 0 Å². The number of hydrogen-bond donors (Lipinski definition) is 0. The molecule has 0 bridgehead atoms. The third-order valence-corrected chi connectivity index (χ3v) is 5.92. The molecular formula is C21H20N2O4S. The number of methoxy groups -OCH3 is 2. The molecule has 0 radical (unpaired) electrons. The number of carbonyl (C=O) groups excluding carboxylic acids is 2. The van der Waals surface area contributed by atoms with Crippen LogP contribution in [-0.4, -0.2) is 41.1 Å². The highest BCUT2D eigenvalue weighted by atomic mass is 32.2. The van der Waals surface area contributed by atoms with Crippen LogP contribution in [0, 0.1) is 0 Å². The molecule has 0 aliphatic carbocycles. The maximum absolute atomic E-state index is 12.3. The Morgan fingerprint density at radius 2 is 1.82 bits per heavy atom. The van der Waals surface area contributed by atoms with Crippen molar-refractivity contribution in [2.24, 2.45) is 0 Å². The summed E-state index contributed by atoms with van der Waals surface area (Å²) < 4.78 is 12.8. The summed E-state index contributed by atoms with van der Waals surface area (Å²) in [5.74, 6) is 1.38. The lowest BCUT2D eigenvalue weighted by molar-refractivity contribution is -0.113. The summed E-state index contributed by atoms with van der Waals surface area (Å²) in [7, 11) is 4.90. The third kappa shape index (κ3) is 3.01. The average molecular weight is 396 g/mol. The molecule has 0 spiro atoms. The average Bonchev–Trinajstić information content (AvgIpc) is 3.22. The first-order chi connectivity index (χ1) is 13.5. The van der Waals surface area contributed by atoms with Gasteiger partial charge in [0.05, 0.1) is 14.2 Å². The molecule has 1 saturated heterocycles. The SMILES string of the molecule is COc1ccc(Cn2ccc3c(C4C(=O)SC(=O)N4C)cccc32)cc1OC. The van der Waals surface area contributed by atoms with Crippen molar-refractivity contribution in [1.29, 1.82) is 0 Å². The maximum atomic E-state index is 12.3. The van der Waals surface area contributed by atoms with Gasteiger partial charge in [-0.25, -0.2) is 0 Å². The van der Waals surface area contributed by atoms with Crippen molar-refractivity contribution in [2.75, 3.05) is 21.3 Å². The van der Waals surface area contributed by atoms with Gasteiger partial charge in [0, 0.05) is 42.5 Å². The minimum Gasteiger partial charge on any atom is -0.493 e. The minimum absolute atomic E-state index is 0.132. The summed E-state index contributed by atoms with van der Waals surface area (Å²) in [4.78, 5) is 25.7. The number of aromatic nitrogens is 1. The number of benzene rings is 2. The van der Waals surface area contributed by atoms with Crippen LogP contribution in [0.25, 0.3) is 10.9 Å². The smallest absolute Gasteiger partial charge is 0.289 e. The summed E-state index contributed by atoms with van der Waals surface area (Å²) in [6.07, 6.45) is 2.00. The number of thioether (sulfide) groups is 1. The van der Waals surface area contributed by atoms with Gasteiger partial charge in [0.1, 0.15) is 6.04 Å². The Balaban J connectivity index is 1.71. The van der Waals surface area contributed by atoms with Crippen LogP contribution >= 0.6 is 11.8 Å². The zero-order valence-electron chi connectivity index (χ0n) is 15.8. The van der Waals surface area contributed by atoms with Crippen molar-refractivity contribution in [3.8, 4) is 11.5 Å². The molecule has 1 aliphatic rings. The first-order valence-electron chi connectivity index (χ1n) is 8.80. The molecule has 3 aromatic rings.